The summed E-state index contributed by atoms with van der Waals surface area (Å²) in [5.41, 5.74) is 7.02. The second-order valence-corrected chi connectivity index (χ2v) is 5.54. The van der Waals surface area contributed by atoms with Gasteiger partial charge < -0.3 is 15.5 Å². The predicted molar refractivity (Wildman–Crippen MR) is 76.5 cm³/mol. The maximum atomic E-state index is 12.2. The van der Waals surface area contributed by atoms with Gasteiger partial charge in [-0.25, -0.2) is 4.98 Å². The summed E-state index contributed by atoms with van der Waals surface area (Å²) in [4.78, 5) is 16.4. The first kappa shape index (κ1) is 13.8. The molecule has 1 aliphatic rings. The van der Waals surface area contributed by atoms with Crippen LogP contribution in [-0.2, 0) is 7.05 Å². The molecule has 112 valence electrons. The second-order valence-electron chi connectivity index (χ2n) is 5.54. The van der Waals surface area contributed by atoms with Gasteiger partial charge in [0, 0.05) is 25.8 Å². The van der Waals surface area contributed by atoms with E-state index in [9.17, 15) is 4.79 Å². The Labute approximate surface area is 122 Å². The molecule has 0 bridgehead atoms. The zero-order valence-electron chi connectivity index (χ0n) is 12.2. The van der Waals surface area contributed by atoms with Crippen molar-refractivity contribution in [1.29, 1.82) is 0 Å². The van der Waals surface area contributed by atoms with Gasteiger partial charge in [-0.1, -0.05) is 0 Å². The van der Waals surface area contributed by atoms with Gasteiger partial charge in [-0.15, -0.1) is 0 Å². The second kappa shape index (κ2) is 5.33. The zero-order chi connectivity index (χ0) is 15.0. The number of carbonyl (C=O) groups is 1. The van der Waals surface area contributed by atoms with Crippen molar-refractivity contribution in [3.8, 4) is 11.5 Å². The Hall–Kier alpha value is -2.15. The summed E-state index contributed by atoms with van der Waals surface area (Å²) >= 11 is 0. The number of rotatable bonds is 5. The van der Waals surface area contributed by atoms with E-state index in [0.29, 0.717) is 29.8 Å². The van der Waals surface area contributed by atoms with Gasteiger partial charge in [-0.3, -0.25) is 9.48 Å². The van der Waals surface area contributed by atoms with E-state index in [1.807, 2.05) is 7.05 Å². The molecule has 1 unspecified atom stereocenters. The molecular weight excluding hydrogens is 270 g/mol. The quantitative estimate of drug-likeness (QED) is 0.850. The summed E-state index contributed by atoms with van der Waals surface area (Å²) in [6, 6.07) is 0.0268. The van der Waals surface area contributed by atoms with Gasteiger partial charge in [-0.2, -0.15) is 5.10 Å². The monoisotopic (exact) mass is 289 g/mol. The lowest BCUT2D eigenvalue weighted by Gasteiger charge is -2.10. The number of hydrogen-bond donors (Lipinski definition) is 2. The highest BCUT2D eigenvalue weighted by Crippen LogP contribution is 2.31. The molecule has 3 rings (SSSR count). The first-order valence-corrected chi connectivity index (χ1v) is 7.05. The van der Waals surface area contributed by atoms with Crippen LogP contribution in [0.5, 0.6) is 0 Å². The molecule has 1 fully saturated rings. The number of carbonyl (C=O) groups excluding carboxylic acids is 1. The molecule has 1 atom stereocenters. The Morgan fingerprint density at radius 2 is 2.38 bits per heavy atom. The van der Waals surface area contributed by atoms with Crippen molar-refractivity contribution >= 4 is 5.91 Å². The van der Waals surface area contributed by atoms with E-state index in [4.69, 9.17) is 10.2 Å². The number of amides is 1. The standard InChI is InChI=1S/C14H19N5O2/c1-8-12(13(20)16-6-11(15)9-3-4-9)18-14(21-8)10-5-17-19(2)7-10/h5,7,9,11H,3-4,6,15H2,1-2H3,(H,16,20). The molecule has 0 saturated heterocycles. The molecule has 1 saturated carbocycles. The molecule has 2 aromatic rings. The molecule has 1 aliphatic carbocycles. The van der Waals surface area contributed by atoms with E-state index < -0.39 is 0 Å². The lowest BCUT2D eigenvalue weighted by molar-refractivity contribution is 0.0944. The van der Waals surface area contributed by atoms with Crippen molar-refractivity contribution < 1.29 is 9.21 Å². The minimum absolute atomic E-state index is 0.0268. The summed E-state index contributed by atoms with van der Waals surface area (Å²) in [7, 11) is 1.81. The van der Waals surface area contributed by atoms with Crippen LogP contribution in [0.1, 0.15) is 29.1 Å². The summed E-state index contributed by atoms with van der Waals surface area (Å²) in [6.07, 6.45) is 5.75. The van der Waals surface area contributed by atoms with Crippen LogP contribution < -0.4 is 11.1 Å². The Kier molecular flexibility index (Phi) is 3.50. The minimum Gasteiger partial charge on any atom is -0.440 e. The summed E-state index contributed by atoms with van der Waals surface area (Å²) in [5.74, 6) is 1.20. The third-order valence-electron chi connectivity index (χ3n) is 3.69. The molecule has 7 heteroatoms. The average Bonchev–Trinajstić information content (AvgIpc) is 3.11. The van der Waals surface area contributed by atoms with Gasteiger partial charge in [0.15, 0.2) is 5.69 Å². The van der Waals surface area contributed by atoms with E-state index in [2.05, 4.69) is 15.4 Å². The van der Waals surface area contributed by atoms with Gasteiger partial charge in [0.1, 0.15) is 5.76 Å². The Balaban J connectivity index is 1.69. The Morgan fingerprint density at radius 3 is 3.00 bits per heavy atom. The van der Waals surface area contributed by atoms with Crippen LogP contribution in [0.2, 0.25) is 0 Å². The van der Waals surface area contributed by atoms with Crippen LogP contribution >= 0.6 is 0 Å². The van der Waals surface area contributed by atoms with Gasteiger partial charge in [0.25, 0.3) is 5.91 Å². The number of aryl methyl sites for hydroxylation is 2. The molecule has 3 N–H and O–H groups in total. The van der Waals surface area contributed by atoms with Crippen LogP contribution in [0.3, 0.4) is 0 Å². The number of oxazole rings is 1. The van der Waals surface area contributed by atoms with Gasteiger partial charge in [0.2, 0.25) is 5.89 Å². The summed E-state index contributed by atoms with van der Waals surface area (Å²) in [6.45, 7) is 2.20. The van der Waals surface area contributed by atoms with Crippen molar-refractivity contribution in [3.63, 3.8) is 0 Å². The topological polar surface area (TPSA) is 99.0 Å². The Morgan fingerprint density at radius 1 is 1.62 bits per heavy atom. The molecule has 2 aromatic heterocycles. The van der Waals surface area contributed by atoms with Crippen LogP contribution in [0.25, 0.3) is 11.5 Å². The smallest absolute Gasteiger partial charge is 0.273 e. The van der Waals surface area contributed by atoms with E-state index >= 15 is 0 Å². The largest absolute Gasteiger partial charge is 0.440 e. The zero-order valence-corrected chi connectivity index (χ0v) is 12.2. The van der Waals surface area contributed by atoms with Crippen molar-refractivity contribution in [2.75, 3.05) is 6.54 Å². The van der Waals surface area contributed by atoms with E-state index in [0.717, 1.165) is 18.4 Å². The number of nitrogens with zero attached hydrogens (tertiary/aromatic N) is 3. The molecule has 1 amide bonds. The molecule has 0 aliphatic heterocycles. The highest BCUT2D eigenvalue weighted by atomic mass is 16.4. The lowest BCUT2D eigenvalue weighted by Crippen LogP contribution is -2.38. The van der Waals surface area contributed by atoms with Crippen molar-refractivity contribution in [2.24, 2.45) is 18.7 Å². The van der Waals surface area contributed by atoms with Crippen LogP contribution in [0.4, 0.5) is 0 Å². The number of nitrogens with two attached hydrogens (primary N) is 1. The summed E-state index contributed by atoms with van der Waals surface area (Å²) in [5, 5.41) is 6.89. The van der Waals surface area contributed by atoms with Crippen LogP contribution in [0, 0.1) is 12.8 Å². The number of nitrogens with one attached hydrogen (secondary N) is 1. The van der Waals surface area contributed by atoms with E-state index in [1.54, 1.807) is 24.0 Å². The predicted octanol–water partition coefficient (Wildman–Crippen LogP) is 0.851. The molecule has 0 spiro atoms. The van der Waals surface area contributed by atoms with Crippen molar-refractivity contribution in [1.82, 2.24) is 20.1 Å². The fraction of sp³-hybridized carbons (Fsp3) is 0.500. The third-order valence-corrected chi connectivity index (χ3v) is 3.69. The first-order chi connectivity index (χ1) is 10.0. The molecule has 2 heterocycles. The lowest BCUT2D eigenvalue weighted by atomic mass is 10.2. The molecular formula is C14H19N5O2. The SMILES string of the molecule is Cc1oc(-c2cnn(C)c2)nc1C(=O)NCC(N)C1CC1. The highest BCUT2D eigenvalue weighted by Gasteiger charge is 2.29. The Bertz CT molecular complexity index is 656. The molecule has 7 nitrogen and oxygen atoms in total. The van der Waals surface area contributed by atoms with Crippen LogP contribution in [0.15, 0.2) is 16.8 Å². The average molecular weight is 289 g/mol. The van der Waals surface area contributed by atoms with E-state index in [1.165, 1.54) is 0 Å². The first-order valence-electron chi connectivity index (χ1n) is 7.05. The van der Waals surface area contributed by atoms with Gasteiger partial charge in [-0.05, 0) is 25.7 Å². The van der Waals surface area contributed by atoms with Crippen molar-refractivity contribution in [2.45, 2.75) is 25.8 Å². The normalized spacial score (nSPS) is 16.0. The van der Waals surface area contributed by atoms with E-state index in [-0.39, 0.29) is 11.9 Å². The highest BCUT2D eigenvalue weighted by molar-refractivity contribution is 5.93. The van der Waals surface area contributed by atoms with Gasteiger partial charge >= 0.3 is 0 Å². The number of aromatic nitrogens is 3. The molecule has 0 radical (unpaired) electrons. The van der Waals surface area contributed by atoms with Crippen LogP contribution in [-0.4, -0.2) is 33.3 Å². The summed E-state index contributed by atoms with van der Waals surface area (Å²) < 4.78 is 7.20. The third kappa shape index (κ3) is 2.97. The minimum atomic E-state index is -0.248. The van der Waals surface area contributed by atoms with Gasteiger partial charge in [0.05, 0.1) is 11.8 Å². The molecule has 21 heavy (non-hydrogen) atoms. The fourth-order valence-corrected chi connectivity index (χ4v) is 2.25. The maximum Gasteiger partial charge on any atom is 0.273 e. The maximum absolute atomic E-state index is 12.2. The molecule has 0 aromatic carbocycles. The fourth-order valence-electron chi connectivity index (χ4n) is 2.25. The number of hydrogen-bond acceptors (Lipinski definition) is 5. The van der Waals surface area contributed by atoms with Crippen molar-refractivity contribution in [3.05, 3.63) is 23.8 Å².